The smallest absolute Gasteiger partial charge is 0.293 e. The van der Waals surface area contributed by atoms with Gasteiger partial charge in [-0.15, -0.1) is 0 Å². The standard InChI is InChI=1S/C29H22Cl2N2O3S/c1-2-19-4-3-5-24-21(16-32(27(19)24)15-18-6-10-22(30)11-7-18)14-26-28(35)33(29(36)37-26)17-25(34)20-8-12-23(31)13-9-20/h3-14,16H,2,15,17H2,1H3/b26-14-. The van der Waals surface area contributed by atoms with Crippen LogP contribution < -0.4 is 0 Å². The van der Waals surface area contributed by atoms with Gasteiger partial charge in [-0.3, -0.25) is 19.3 Å². The Morgan fingerprint density at radius 1 is 0.946 bits per heavy atom. The van der Waals surface area contributed by atoms with Crippen molar-refractivity contribution in [1.29, 1.82) is 0 Å². The van der Waals surface area contributed by atoms with Gasteiger partial charge in [-0.25, -0.2) is 0 Å². The Morgan fingerprint density at radius 3 is 2.30 bits per heavy atom. The third-order valence-electron chi connectivity index (χ3n) is 6.29. The molecule has 2 amide bonds. The molecule has 0 unspecified atom stereocenters. The molecular weight excluding hydrogens is 527 g/mol. The molecule has 186 valence electrons. The molecule has 0 saturated carbocycles. The van der Waals surface area contributed by atoms with Crippen molar-refractivity contribution in [1.82, 2.24) is 9.47 Å². The van der Waals surface area contributed by atoms with E-state index < -0.39 is 11.1 Å². The maximum absolute atomic E-state index is 13.2. The first-order chi connectivity index (χ1) is 17.8. The lowest BCUT2D eigenvalue weighted by Gasteiger charge is -2.11. The molecule has 5 nitrogen and oxygen atoms in total. The first-order valence-electron chi connectivity index (χ1n) is 11.7. The summed E-state index contributed by atoms with van der Waals surface area (Å²) in [6, 6.07) is 20.2. The van der Waals surface area contributed by atoms with Crippen molar-refractivity contribution < 1.29 is 14.4 Å². The number of aryl methyl sites for hydroxylation is 1. The molecule has 1 aliphatic heterocycles. The molecule has 0 spiro atoms. The van der Waals surface area contributed by atoms with Crippen molar-refractivity contribution in [2.24, 2.45) is 0 Å². The Kier molecular flexibility index (Phi) is 7.24. The molecular formula is C29H22Cl2N2O3S. The van der Waals surface area contributed by atoms with Gasteiger partial charge < -0.3 is 4.57 Å². The van der Waals surface area contributed by atoms with E-state index in [0.717, 1.165) is 45.1 Å². The number of Topliss-reactive ketones (excluding diaryl/α,β-unsaturated/α-hetero) is 1. The Balaban J connectivity index is 1.46. The summed E-state index contributed by atoms with van der Waals surface area (Å²) in [5.41, 5.74) is 4.61. The average Bonchev–Trinajstić information content (AvgIpc) is 3.37. The van der Waals surface area contributed by atoms with Gasteiger partial charge in [0.25, 0.3) is 11.1 Å². The number of aromatic nitrogens is 1. The molecule has 0 atom stereocenters. The summed E-state index contributed by atoms with van der Waals surface area (Å²) in [6.45, 7) is 2.43. The highest BCUT2D eigenvalue weighted by Crippen LogP contribution is 2.35. The van der Waals surface area contributed by atoms with Crippen molar-refractivity contribution in [3.63, 3.8) is 0 Å². The van der Waals surface area contributed by atoms with E-state index in [0.29, 0.717) is 27.1 Å². The van der Waals surface area contributed by atoms with Gasteiger partial charge >= 0.3 is 0 Å². The Bertz CT molecular complexity index is 1560. The first-order valence-corrected chi connectivity index (χ1v) is 13.3. The van der Waals surface area contributed by atoms with Gasteiger partial charge in [0.05, 0.1) is 17.0 Å². The zero-order valence-corrected chi connectivity index (χ0v) is 22.2. The number of hydrogen-bond donors (Lipinski definition) is 0. The third kappa shape index (κ3) is 5.23. The molecule has 37 heavy (non-hydrogen) atoms. The second kappa shape index (κ2) is 10.6. The number of thioether (sulfide) groups is 1. The topological polar surface area (TPSA) is 59.4 Å². The van der Waals surface area contributed by atoms with E-state index in [2.05, 4.69) is 17.6 Å². The van der Waals surface area contributed by atoms with E-state index in [-0.39, 0.29) is 12.3 Å². The number of halogens is 2. The highest BCUT2D eigenvalue weighted by atomic mass is 35.5. The molecule has 3 aromatic carbocycles. The van der Waals surface area contributed by atoms with Crippen LogP contribution in [0.1, 0.15) is 34.0 Å². The largest absolute Gasteiger partial charge is 0.342 e. The number of nitrogens with zero attached hydrogens (tertiary/aromatic N) is 2. The van der Waals surface area contributed by atoms with Crippen LogP contribution in [0.5, 0.6) is 0 Å². The summed E-state index contributed by atoms with van der Waals surface area (Å²) < 4.78 is 2.16. The number of fused-ring (bicyclic) bond motifs is 1. The molecule has 4 aromatic rings. The number of carbonyl (C=O) groups excluding carboxylic acids is 3. The minimum Gasteiger partial charge on any atom is -0.342 e. The van der Waals surface area contributed by atoms with Crippen LogP contribution in [0.2, 0.25) is 10.0 Å². The number of amides is 2. The number of para-hydroxylation sites is 1. The lowest BCUT2D eigenvalue weighted by molar-refractivity contribution is -0.122. The monoisotopic (exact) mass is 548 g/mol. The molecule has 5 rings (SSSR count). The summed E-state index contributed by atoms with van der Waals surface area (Å²) in [5, 5.41) is 1.73. The van der Waals surface area contributed by atoms with Crippen molar-refractivity contribution in [2.75, 3.05) is 6.54 Å². The van der Waals surface area contributed by atoms with Crippen LogP contribution in [0.4, 0.5) is 4.79 Å². The minimum absolute atomic E-state index is 0.293. The third-order valence-corrected chi connectivity index (χ3v) is 7.70. The maximum Gasteiger partial charge on any atom is 0.293 e. The van der Waals surface area contributed by atoms with Crippen LogP contribution in [0.25, 0.3) is 17.0 Å². The summed E-state index contributed by atoms with van der Waals surface area (Å²) in [5.74, 6) is -0.796. The van der Waals surface area contributed by atoms with Crippen LogP contribution in [-0.2, 0) is 17.8 Å². The lowest BCUT2D eigenvalue weighted by Crippen LogP contribution is -2.33. The van der Waals surface area contributed by atoms with E-state index in [1.165, 1.54) is 5.56 Å². The van der Waals surface area contributed by atoms with Crippen LogP contribution >= 0.6 is 35.0 Å². The van der Waals surface area contributed by atoms with Gasteiger partial charge in [0, 0.05) is 39.3 Å². The highest BCUT2D eigenvalue weighted by Gasteiger charge is 2.36. The van der Waals surface area contributed by atoms with Gasteiger partial charge in [0.1, 0.15) is 0 Å². The van der Waals surface area contributed by atoms with Crippen LogP contribution in [0.3, 0.4) is 0 Å². The van der Waals surface area contributed by atoms with Gasteiger partial charge in [-0.2, -0.15) is 0 Å². The molecule has 2 heterocycles. The van der Waals surface area contributed by atoms with Crippen LogP contribution in [-0.4, -0.2) is 32.9 Å². The molecule has 1 aromatic heterocycles. The average molecular weight is 549 g/mol. The molecule has 0 radical (unpaired) electrons. The molecule has 1 aliphatic rings. The van der Waals surface area contributed by atoms with Gasteiger partial charge in [0.15, 0.2) is 5.78 Å². The highest BCUT2D eigenvalue weighted by molar-refractivity contribution is 8.18. The molecule has 8 heteroatoms. The Hall–Kier alpha value is -3.32. The van der Waals surface area contributed by atoms with E-state index in [1.807, 2.05) is 42.6 Å². The quantitative estimate of drug-likeness (QED) is 0.177. The summed E-state index contributed by atoms with van der Waals surface area (Å²) >= 11 is 12.8. The maximum atomic E-state index is 13.2. The minimum atomic E-state index is -0.470. The molecule has 0 bridgehead atoms. The predicted octanol–water partition coefficient (Wildman–Crippen LogP) is 7.48. The van der Waals surface area contributed by atoms with E-state index in [1.54, 1.807) is 30.3 Å². The Morgan fingerprint density at radius 2 is 1.62 bits per heavy atom. The Labute approximate surface area is 228 Å². The van der Waals surface area contributed by atoms with Crippen LogP contribution in [0.15, 0.2) is 77.8 Å². The van der Waals surface area contributed by atoms with Gasteiger partial charge in [-0.05, 0) is 71.8 Å². The number of ketones is 1. The SMILES string of the molecule is CCc1cccc2c(/C=C3\SC(=O)N(CC(=O)c4ccc(Cl)cc4)C3=O)cn(Cc3ccc(Cl)cc3)c12. The molecule has 0 N–H and O–H groups in total. The fourth-order valence-corrected chi connectivity index (χ4v) is 5.51. The van der Waals surface area contributed by atoms with Crippen molar-refractivity contribution in [3.8, 4) is 0 Å². The summed E-state index contributed by atoms with van der Waals surface area (Å²) in [4.78, 5) is 39.8. The van der Waals surface area contributed by atoms with E-state index >= 15 is 0 Å². The number of benzene rings is 3. The lowest BCUT2D eigenvalue weighted by atomic mass is 10.1. The van der Waals surface area contributed by atoms with Gasteiger partial charge in [-0.1, -0.05) is 60.5 Å². The van der Waals surface area contributed by atoms with Crippen molar-refractivity contribution in [2.45, 2.75) is 19.9 Å². The zero-order chi connectivity index (χ0) is 26.1. The first kappa shape index (κ1) is 25.3. The number of hydrogen-bond acceptors (Lipinski definition) is 4. The van der Waals surface area contributed by atoms with Crippen LogP contribution in [0, 0.1) is 0 Å². The number of carbonyl (C=O) groups is 3. The van der Waals surface area contributed by atoms with Crippen molar-refractivity contribution in [3.05, 3.63) is 110 Å². The summed E-state index contributed by atoms with van der Waals surface area (Å²) in [7, 11) is 0. The fraction of sp³-hybridized carbons (Fsp3) is 0.138. The zero-order valence-electron chi connectivity index (χ0n) is 19.9. The number of imide groups is 1. The van der Waals surface area contributed by atoms with E-state index in [9.17, 15) is 14.4 Å². The number of rotatable bonds is 7. The van der Waals surface area contributed by atoms with E-state index in [4.69, 9.17) is 23.2 Å². The predicted molar refractivity (Wildman–Crippen MR) is 150 cm³/mol. The second-order valence-corrected chi connectivity index (χ2v) is 10.6. The normalized spacial score (nSPS) is 14.8. The molecule has 1 saturated heterocycles. The molecule has 1 fully saturated rings. The fourth-order valence-electron chi connectivity index (χ4n) is 4.43. The molecule has 0 aliphatic carbocycles. The van der Waals surface area contributed by atoms with Gasteiger partial charge in [0.2, 0.25) is 0 Å². The van der Waals surface area contributed by atoms with Crippen molar-refractivity contribution >= 4 is 68.9 Å². The second-order valence-electron chi connectivity index (χ2n) is 8.70. The summed E-state index contributed by atoms with van der Waals surface area (Å²) in [6.07, 6.45) is 4.60.